The molecule has 2 heterocycles. The third kappa shape index (κ3) is 2.28. The van der Waals surface area contributed by atoms with E-state index in [1.165, 1.54) is 11.3 Å². The molecule has 0 spiro atoms. The van der Waals surface area contributed by atoms with Gasteiger partial charge in [0.2, 0.25) is 11.8 Å². The summed E-state index contributed by atoms with van der Waals surface area (Å²) >= 11 is 1.19. The topological polar surface area (TPSA) is 35.0 Å². The summed E-state index contributed by atoms with van der Waals surface area (Å²) in [5.41, 5.74) is -1.59. The van der Waals surface area contributed by atoms with Crippen molar-refractivity contribution in [1.29, 1.82) is 0 Å². The second kappa shape index (κ2) is 4.52. The molecule has 0 saturated carbocycles. The Bertz CT molecular complexity index is 554. The Morgan fingerprint density at radius 1 is 1.28 bits per heavy atom. The van der Waals surface area contributed by atoms with Crippen LogP contribution in [0.25, 0.3) is 10.7 Å². The van der Waals surface area contributed by atoms with Crippen molar-refractivity contribution in [2.75, 3.05) is 7.11 Å². The number of aromatic nitrogens is 2. The minimum atomic E-state index is -4.90. The molecule has 2 aromatic rings. The lowest BCUT2D eigenvalue weighted by molar-refractivity contribution is -0.142. The van der Waals surface area contributed by atoms with E-state index in [2.05, 4.69) is 14.7 Å². The highest BCUT2D eigenvalue weighted by Crippen LogP contribution is 2.37. The Balaban J connectivity index is 2.61. The van der Waals surface area contributed by atoms with Crippen molar-refractivity contribution < 1.29 is 22.3 Å². The fourth-order valence-electron chi connectivity index (χ4n) is 1.32. The molecule has 8 heteroatoms. The predicted molar refractivity (Wildman–Crippen MR) is 56.9 cm³/mol. The van der Waals surface area contributed by atoms with Gasteiger partial charge in [0, 0.05) is 0 Å². The Labute approximate surface area is 103 Å². The first-order chi connectivity index (χ1) is 8.43. The van der Waals surface area contributed by atoms with Crippen LogP contribution in [0.5, 0.6) is 5.88 Å². The molecule has 0 unspecified atom stereocenters. The second-order valence-corrected chi connectivity index (χ2v) is 4.15. The third-order valence-corrected chi connectivity index (χ3v) is 2.92. The fourth-order valence-corrected chi connectivity index (χ4v) is 1.97. The molecule has 96 valence electrons. The number of hydrogen-bond donors (Lipinski definition) is 0. The Hall–Kier alpha value is -1.70. The summed E-state index contributed by atoms with van der Waals surface area (Å²) in [6.45, 7) is 0. The molecule has 0 aliphatic carbocycles. The van der Waals surface area contributed by atoms with Crippen molar-refractivity contribution in [2.45, 2.75) is 6.18 Å². The molecule has 0 radical (unpaired) electrons. The molecule has 0 aliphatic rings. The van der Waals surface area contributed by atoms with Crippen LogP contribution in [0.3, 0.4) is 0 Å². The lowest BCUT2D eigenvalue weighted by Gasteiger charge is -2.11. The normalized spacial score (nSPS) is 11.6. The number of hydrogen-bond acceptors (Lipinski definition) is 4. The maximum absolute atomic E-state index is 13.4. The van der Waals surface area contributed by atoms with Crippen LogP contribution in [0.4, 0.5) is 17.6 Å². The van der Waals surface area contributed by atoms with Crippen LogP contribution in [-0.2, 0) is 6.18 Å². The molecule has 18 heavy (non-hydrogen) atoms. The van der Waals surface area contributed by atoms with Gasteiger partial charge in [-0.25, -0.2) is 0 Å². The van der Waals surface area contributed by atoms with Crippen LogP contribution in [-0.4, -0.2) is 17.1 Å². The van der Waals surface area contributed by atoms with E-state index in [0.717, 1.165) is 7.11 Å². The van der Waals surface area contributed by atoms with Gasteiger partial charge in [-0.15, -0.1) is 11.3 Å². The highest BCUT2D eigenvalue weighted by Gasteiger charge is 2.40. The summed E-state index contributed by atoms with van der Waals surface area (Å²) in [6, 6.07) is 3.23. The van der Waals surface area contributed by atoms with E-state index in [-0.39, 0.29) is 5.82 Å². The maximum Gasteiger partial charge on any atom is 0.426 e. The van der Waals surface area contributed by atoms with E-state index in [1.54, 1.807) is 17.5 Å². The zero-order valence-electron chi connectivity index (χ0n) is 8.95. The van der Waals surface area contributed by atoms with Gasteiger partial charge in [-0.3, -0.25) is 0 Å². The number of thiophene rings is 1. The first-order valence-electron chi connectivity index (χ1n) is 4.66. The Morgan fingerprint density at radius 2 is 2.00 bits per heavy atom. The summed E-state index contributed by atoms with van der Waals surface area (Å²) in [6.07, 6.45) is -4.90. The third-order valence-electron chi connectivity index (χ3n) is 2.05. The second-order valence-electron chi connectivity index (χ2n) is 3.20. The summed E-state index contributed by atoms with van der Waals surface area (Å²) in [7, 11) is 0.995. The number of nitrogens with zero attached hydrogens (tertiary/aromatic N) is 2. The lowest BCUT2D eigenvalue weighted by Crippen LogP contribution is -2.14. The molecule has 0 fully saturated rings. The molecule has 2 rings (SSSR count). The zero-order valence-corrected chi connectivity index (χ0v) is 9.77. The van der Waals surface area contributed by atoms with E-state index in [1.807, 2.05) is 0 Å². The smallest absolute Gasteiger partial charge is 0.426 e. The van der Waals surface area contributed by atoms with Crippen LogP contribution in [0.1, 0.15) is 5.56 Å². The molecule has 3 nitrogen and oxygen atoms in total. The fraction of sp³-hybridized carbons (Fsp3) is 0.200. The van der Waals surface area contributed by atoms with Gasteiger partial charge in [-0.05, 0) is 11.4 Å². The van der Waals surface area contributed by atoms with E-state index < -0.39 is 23.6 Å². The Kier molecular flexibility index (Phi) is 3.20. The van der Waals surface area contributed by atoms with Crippen LogP contribution < -0.4 is 4.74 Å². The van der Waals surface area contributed by atoms with Gasteiger partial charge in [0.1, 0.15) is 0 Å². The lowest BCUT2D eigenvalue weighted by atomic mass is 10.3. The van der Waals surface area contributed by atoms with Crippen molar-refractivity contribution in [3.63, 3.8) is 0 Å². The van der Waals surface area contributed by atoms with Gasteiger partial charge < -0.3 is 4.74 Å². The van der Waals surface area contributed by atoms with Crippen molar-refractivity contribution in [2.24, 2.45) is 0 Å². The van der Waals surface area contributed by atoms with Crippen molar-refractivity contribution >= 4 is 11.3 Å². The predicted octanol–water partition coefficient (Wildman–Crippen LogP) is 3.37. The van der Waals surface area contributed by atoms with Gasteiger partial charge in [-0.1, -0.05) is 6.07 Å². The van der Waals surface area contributed by atoms with Gasteiger partial charge in [0.25, 0.3) is 0 Å². The number of halogens is 4. The standard InChI is InChI=1S/C10H6F4N2OS/c1-17-9-6(10(12,13)14)7(11)15-8(16-9)5-3-2-4-18-5/h2-4H,1H3. The zero-order chi connectivity index (χ0) is 13.3. The van der Waals surface area contributed by atoms with Crippen molar-refractivity contribution in [3.05, 3.63) is 29.0 Å². The molecule has 0 bridgehead atoms. The number of rotatable bonds is 2. The van der Waals surface area contributed by atoms with Gasteiger partial charge in [-0.2, -0.15) is 27.5 Å². The quantitative estimate of drug-likeness (QED) is 0.624. The molecular weight excluding hydrogens is 272 g/mol. The van der Waals surface area contributed by atoms with Crippen LogP contribution in [0, 0.1) is 5.95 Å². The van der Waals surface area contributed by atoms with Crippen molar-refractivity contribution in [3.8, 4) is 16.6 Å². The van der Waals surface area contributed by atoms with E-state index in [0.29, 0.717) is 4.88 Å². The average Bonchev–Trinajstić information content (AvgIpc) is 2.79. The minimum absolute atomic E-state index is 0.132. The highest BCUT2D eigenvalue weighted by atomic mass is 32.1. The van der Waals surface area contributed by atoms with Crippen LogP contribution >= 0.6 is 11.3 Å². The first-order valence-corrected chi connectivity index (χ1v) is 5.54. The largest absolute Gasteiger partial charge is 0.480 e. The Morgan fingerprint density at radius 3 is 2.50 bits per heavy atom. The van der Waals surface area contributed by atoms with Gasteiger partial charge in [0.15, 0.2) is 11.4 Å². The molecular formula is C10H6F4N2OS. The number of methoxy groups -OCH3 is 1. The molecule has 0 N–H and O–H groups in total. The minimum Gasteiger partial charge on any atom is -0.480 e. The highest BCUT2D eigenvalue weighted by molar-refractivity contribution is 7.13. The first kappa shape index (κ1) is 12.7. The molecule has 0 atom stereocenters. The molecule has 0 saturated heterocycles. The number of ether oxygens (including phenoxy) is 1. The summed E-state index contributed by atoms with van der Waals surface area (Å²) in [5.74, 6) is -2.59. The molecule has 0 amide bonds. The monoisotopic (exact) mass is 278 g/mol. The van der Waals surface area contributed by atoms with E-state index >= 15 is 0 Å². The molecule has 0 aromatic carbocycles. The molecule has 0 aliphatic heterocycles. The summed E-state index contributed by atoms with van der Waals surface area (Å²) in [4.78, 5) is 7.26. The van der Waals surface area contributed by atoms with Crippen LogP contribution in [0.2, 0.25) is 0 Å². The molecule has 2 aromatic heterocycles. The van der Waals surface area contributed by atoms with Gasteiger partial charge in [0.05, 0.1) is 12.0 Å². The maximum atomic E-state index is 13.4. The summed E-state index contributed by atoms with van der Waals surface area (Å²) in [5, 5.41) is 1.68. The number of alkyl halides is 3. The average molecular weight is 278 g/mol. The summed E-state index contributed by atoms with van der Waals surface area (Å²) < 4.78 is 55.6. The van der Waals surface area contributed by atoms with Gasteiger partial charge >= 0.3 is 6.18 Å². The van der Waals surface area contributed by atoms with E-state index in [9.17, 15) is 17.6 Å². The van der Waals surface area contributed by atoms with Crippen LogP contribution in [0.15, 0.2) is 17.5 Å². The van der Waals surface area contributed by atoms with E-state index in [4.69, 9.17) is 0 Å². The SMILES string of the molecule is COc1nc(-c2cccs2)nc(F)c1C(F)(F)F. The van der Waals surface area contributed by atoms with Crippen molar-refractivity contribution in [1.82, 2.24) is 9.97 Å².